The van der Waals surface area contributed by atoms with Crippen LogP contribution in [0.5, 0.6) is 5.75 Å². The zero-order chi connectivity index (χ0) is 8.39. The average molecular weight is 179 g/mol. The van der Waals surface area contributed by atoms with E-state index in [1.165, 1.54) is 12.0 Å². The Morgan fingerprint density at radius 2 is 2.17 bits per heavy atom. The SMILES string of the molecule is NC1C=Cc2ccccc2OS1. The Labute approximate surface area is 75.6 Å². The van der Waals surface area contributed by atoms with E-state index < -0.39 is 0 Å². The fourth-order valence-electron chi connectivity index (χ4n) is 1.03. The maximum Gasteiger partial charge on any atom is 0.144 e. The van der Waals surface area contributed by atoms with Gasteiger partial charge in [-0.25, -0.2) is 0 Å². The molecule has 0 fully saturated rings. The van der Waals surface area contributed by atoms with E-state index >= 15 is 0 Å². The van der Waals surface area contributed by atoms with E-state index in [1.54, 1.807) is 0 Å². The normalized spacial score (nSPS) is 20.9. The van der Waals surface area contributed by atoms with Crippen LogP contribution in [-0.4, -0.2) is 5.37 Å². The second kappa shape index (κ2) is 3.21. The van der Waals surface area contributed by atoms with Gasteiger partial charge in [0, 0.05) is 5.56 Å². The predicted molar refractivity (Wildman–Crippen MR) is 51.7 cm³/mol. The van der Waals surface area contributed by atoms with Crippen molar-refractivity contribution in [3.05, 3.63) is 35.9 Å². The Balaban J connectivity index is 2.39. The van der Waals surface area contributed by atoms with E-state index in [4.69, 9.17) is 9.92 Å². The summed E-state index contributed by atoms with van der Waals surface area (Å²) in [5.41, 5.74) is 6.75. The van der Waals surface area contributed by atoms with E-state index in [0.29, 0.717) is 0 Å². The topological polar surface area (TPSA) is 35.2 Å². The van der Waals surface area contributed by atoms with Gasteiger partial charge in [-0.3, -0.25) is 0 Å². The van der Waals surface area contributed by atoms with Crippen LogP contribution in [0, 0.1) is 0 Å². The molecule has 0 aliphatic carbocycles. The predicted octanol–water partition coefficient (Wildman–Crippen LogP) is 2.03. The van der Waals surface area contributed by atoms with Gasteiger partial charge in [0.05, 0.1) is 12.0 Å². The van der Waals surface area contributed by atoms with E-state index in [9.17, 15) is 0 Å². The molecule has 62 valence electrons. The van der Waals surface area contributed by atoms with Gasteiger partial charge in [0.2, 0.25) is 0 Å². The summed E-state index contributed by atoms with van der Waals surface area (Å²) in [6.07, 6.45) is 3.91. The molecule has 1 aromatic carbocycles. The summed E-state index contributed by atoms with van der Waals surface area (Å²) in [5, 5.41) is -0.0719. The zero-order valence-corrected chi connectivity index (χ0v) is 7.25. The highest BCUT2D eigenvalue weighted by atomic mass is 32.2. The van der Waals surface area contributed by atoms with Crippen LogP contribution < -0.4 is 9.92 Å². The minimum atomic E-state index is -0.0719. The molecule has 2 N–H and O–H groups in total. The van der Waals surface area contributed by atoms with Gasteiger partial charge in [0.25, 0.3) is 0 Å². The summed E-state index contributed by atoms with van der Waals surface area (Å²) in [7, 11) is 0. The minimum Gasteiger partial charge on any atom is -0.423 e. The van der Waals surface area contributed by atoms with Crippen molar-refractivity contribution in [3.8, 4) is 5.75 Å². The first kappa shape index (κ1) is 7.71. The van der Waals surface area contributed by atoms with Crippen molar-refractivity contribution < 1.29 is 4.18 Å². The molecule has 1 heterocycles. The van der Waals surface area contributed by atoms with Crippen LogP contribution >= 0.6 is 12.0 Å². The smallest absolute Gasteiger partial charge is 0.144 e. The quantitative estimate of drug-likeness (QED) is 0.619. The van der Waals surface area contributed by atoms with Crippen LogP contribution in [0.3, 0.4) is 0 Å². The number of nitrogens with two attached hydrogens (primary N) is 1. The molecule has 0 amide bonds. The third-order valence-corrected chi connectivity index (χ3v) is 2.29. The first-order valence-electron chi connectivity index (χ1n) is 3.72. The molecule has 0 saturated heterocycles. The van der Waals surface area contributed by atoms with Crippen molar-refractivity contribution >= 4 is 18.1 Å². The Morgan fingerprint density at radius 1 is 1.33 bits per heavy atom. The highest BCUT2D eigenvalue weighted by Gasteiger charge is 2.08. The molecule has 0 saturated carbocycles. The molecule has 3 heteroatoms. The third kappa shape index (κ3) is 1.47. The summed E-state index contributed by atoms with van der Waals surface area (Å²) in [6.45, 7) is 0. The lowest BCUT2D eigenvalue weighted by Gasteiger charge is -2.04. The molecule has 12 heavy (non-hydrogen) atoms. The molecule has 2 rings (SSSR count). The van der Waals surface area contributed by atoms with E-state index in [0.717, 1.165) is 11.3 Å². The molecule has 0 radical (unpaired) electrons. The number of benzene rings is 1. The fraction of sp³-hybridized carbons (Fsp3) is 0.111. The molecule has 1 aromatic rings. The molecular formula is C9H9NOS. The Morgan fingerprint density at radius 3 is 3.08 bits per heavy atom. The highest BCUT2D eigenvalue weighted by Crippen LogP contribution is 2.27. The Hall–Kier alpha value is -0.930. The molecular weight excluding hydrogens is 170 g/mol. The maximum absolute atomic E-state index is 5.67. The third-order valence-electron chi connectivity index (χ3n) is 1.63. The molecule has 0 bridgehead atoms. The van der Waals surface area contributed by atoms with Gasteiger partial charge in [-0.1, -0.05) is 30.4 Å². The monoisotopic (exact) mass is 179 g/mol. The lowest BCUT2D eigenvalue weighted by molar-refractivity contribution is 0.641. The number of hydrogen-bond donors (Lipinski definition) is 1. The maximum atomic E-state index is 5.67. The number of hydrogen-bond acceptors (Lipinski definition) is 3. The number of fused-ring (bicyclic) bond motifs is 1. The summed E-state index contributed by atoms with van der Waals surface area (Å²) < 4.78 is 5.39. The lowest BCUT2D eigenvalue weighted by Crippen LogP contribution is -2.11. The Kier molecular flexibility index (Phi) is 2.06. The minimum absolute atomic E-state index is 0.0719. The molecule has 1 aliphatic rings. The molecule has 1 unspecified atom stereocenters. The molecule has 1 aliphatic heterocycles. The van der Waals surface area contributed by atoms with Gasteiger partial charge < -0.3 is 9.92 Å². The van der Waals surface area contributed by atoms with Crippen LogP contribution in [0.1, 0.15) is 5.56 Å². The van der Waals surface area contributed by atoms with Gasteiger partial charge in [0.1, 0.15) is 11.1 Å². The lowest BCUT2D eigenvalue weighted by atomic mass is 10.2. The van der Waals surface area contributed by atoms with E-state index in [1.807, 2.05) is 36.4 Å². The standard InChI is InChI=1S/C9H9NOS/c10-9-6-5-7-3-1-2-4-8(7)11-12-9/h1-6,9H,10H2. The van der Waals surface area contributed by atoms with Crippen LogP contribution in [-0.2, 0) is 0 Å². The zero-order valence-electron chi connectivity index (χ0n) is 6.44. The number of rotatable bonds is 0. The first-order valence-corrected chi connectivity index (χ1v) is 4.53. The van der Waals surface area contributed by atoms with E-state index in [2.05, 4.69) is 0 Å². The van der Waals surface area contributed by atoms with Crippen LogP contribution in [0.15, 0.2) is 30.3 Å². The van der Waals surface area contributed by atoms with Gasteiger partial charge in [-0.05, 0) is 6.07 Å². The molecule has 0 aromatic heterocycles. The second-order valence-corrected chi connectivity index (χ2v) is 3.44. The summed E-state index contributed by atoms with van der Waals surface area (Å²) >= 11 is 1.27. The van der Waals surface area contributed by atoms with E-state index in [-0.39, 0.29) is 5.37 Å². The van der Waals surface area contributed by atoms with Crippen LogP contribution in [0.2, 0.25) is 0 Å². The van der Waals surface area contributed by atoms with Gasteiger partial charge in [-0.15, -0.1) is 0 Å². The molecule has 2 nitrogen and oxygen atoms in total. The van der Waals surface area contributed by atoms with Crippen molar-refractivity contribution in [1.82, 2.24) is 0 Å². The molecule has 0 spiro atoms. The highest BCUT2D eigenvalue weighted by molar-refractivity contribution is 7.95. The largest absolute Gasteiger partial charge is 0.423 e. The van der Waals surface area contributed by atoms with Crippen molar-refractivity contribution in [3.63, 3.8) is 0 Å². The van der Waals surface area contributed by atoms with Crippen molar-refractivity contribution in [2.75, 3.05) is 0 Å². The van der Waals surface area contributed by atoms with Crippen LogP contribution in [0.4, 0.5) is 0 Å². The van der Waals surface area contributed by atoms with Gasteiger partial charge in [-0.2, -0.15) is 0 Å². The Bertz CT molecular complexity index is 311. The van der Waals surface area contributed by atoms with Crippen LogP contribution in [0.25, 0.3) is 6.08 Å². The van der Waals surface area contributed by atoms with Crippen molar-refractivity contribution in [2.24, 2.45) is 5.73 Å². The molecule has 1 atom stereocenters. The van der Waals surface area contributed by atoms with Crippen molar-refractivity contribution in [2.45, 2.75) is 5.37 Å². The van der Waals surface area contributed by atoms with Gasteiger partial charge >= 0.3 is 0 Å². The summed E-state index contributed by atoms with van der Waals surface area (Å²) in [5.74, 6) is 0.881. The average Bonchev–Trinajstić information content (AvgIpc) is 2.29. The van der Waals surface area contributed by atoms with Crippen molar-refractivity contribution in [1.29, 1.82) is 0 Å². The second-order valence-electron chi connectivity index (χ2n) is 2.54. The summed E-state index contributed by atoms with van der Waals surface area (Å²) in [6, 6.07) is 7.87. The first-order chi connectivity index (χ1) is 5.86. The fourth-order valence-corrected chi connectivity index (χ4v) is 1.54. The van der Waals surface area contributed by atoms with Gasteiger partial charge in [0.15, 0.2) is 0 Å². The number of para-hydroxylation sites is 1. The summed E-state index contributed by atoms with van der Waals surface area (Å²) in [4.78, 5) is 0.